The van der Waals surface area contributed by atoms with E-state index in [4.69, 9.17) is 16.2 Å². The Labute approximate surface area is 99.7 Å². The highest BCUT2D eigenvalue weighted by Gasteiger charge is 2.21. The third-order valence-electron chi connectivity index (χ3n) is 2.45. The molecule has 0 aromatic heterocycles. The van der Waals surface area contributed by atoms with Crippen LogP contribution in [0.4, 0.5) is 5.69 Å². The van der Waals surface area contributed by atoms with Crippen molar-refractivity contribution in [1.82, 2.24) is 0 Å². The molecule has 1 aromatic carbocycles. The summed E-state index contributed by atoms with van der Waals surface area (Å²) in [6, 6.07) is 5.10. The lowest BCUT2D eigenvalue weighted by Gasteiger charge is -2.14. The summed E-state index contributed by atoms with van der Waals surface area (Å²) < 4.78 is 5.02. The maximum absolute atomic E-state index is 11.9. The zero-order valence-corrected chi connectivity index (χ0v) is 9.90. The van der Waals surface area contributed by atoms with Gasteiger partial charge in [-0.1, -0.05) is 19.1 Å². The van der Waals surface area contributed by atoms with E-state index in [-0.39, 0.29) is 5.56 Å². The molecular weight excluding hydrogens is 220 g/mol. The standard InChI is InChI=1S/C12H16N2O3/c1-3-9(11(14)15)17-12(16)10-7(2)5-4-6-8(10)13/h4-6,9H,3,13H2,1-2H3,(H2,14,15). The number of carbonyl (C=O) groups excluding carboxylic acids is 2. The first-order valence-electron chi connectivity index (χ1n) is 5.32. The molecule has 1 atom stereocenters. The van der Waals surface area contributed by atoms with E-state index in [1.54, 1.807) is 32.0 Å². The molecule has 4 N–H and O–H groups in total. The van der Waals surface area contributed by atoms with E-state index in [2.05, 4.69) is 0 Å². The van der Waals surface area contributed by atoms with Crippen molar-refractivity contribution in [3.05, 3.63) is 29.3 Å². The Kier molecular flexibility index (Phi) is 4.09. The minimum Gasteiger partial charge on any atom is -0.449 e. The molecule has 1 rings (SSSR count). The van der Waals surface area contributed by atoms with Crippen molar-refractivity contribution in [2.45, 2.75) is 26.4 Å². The van der Waals surface area contributed by atoms with E-state index in [1.807, 2.05) is 0 Å². The fraction of sp³-hybridized carbons (Fsp3) is 0.333. The lowest BCUT2D eigenvalue weighted by Crippen LogP contribution is -2.33. The van der Waals surface area contributed by atoms with E-state index in [1.165, 1.54) is 0 Å². The van der Waals surface area contributed by atoms with Crippen LogP contribution in [0.5, 0.6) is 0 Å². The Morgan fingerprint density at radius 1 is 1.41 bits per heavy atom. The summed E-state index contributed by atoms with van der Waals surface area (Å²) in [5.41, 5.74) is 12.1. The van der Waals surface area contributed by atoms with Crippen molar-refractivity contribution in [2.24, 2.45) is 5.73 Å². The number of carbonyl (C=O) groups is 2. The van der Waals surface area contributed by atoms with Crippen molar-refractivity contribution in [1.29, 1.82) is 0 Å². The quantitative estimate of drug-likeness (QED) is 0.602. The smallest absolute Gasteiger partial charge is 0.341 e. The van der Waals surface area contributed by atoms with Gasteiger partial charge in [-0.2, -0.15) is 0 Å². The second kappa shape index (κ2) is 5.34. The lowest BCUT2D eigenvalue weighted by molar-refractivity contribution is -0.126. The Morgan fingerprint density at radius 2 is 2.06 bits per heavy atom. The molecule has 0 saturated heterocycles. The van der Waals surface area contributed by atoms with Crippen molar-refractivity contribution in [2.75, 3.05) is 5.73 Å². The topological polar surface area (TPSA) is 95.4 Å². The number of nitrogens with two attached hydrogens (primary N) is 2. The van der Waals surface area contributed by atoms with Gasteiger partial charge in [0.15, 0.2) is 6.10 Å². The highest BCUT2D eigenvalue weighted by molar-refractivity contribution is 5.98. The number of hydrogen-bond donors (Lipinski definition) is 2. The first kappa shape index (κ1) is 13.0. The van der Waals surface area contributed by atoms with Gasteiger partial charge in [0.05, 0.1) is 5.56 Å². The average Bonchev–Trinajstić information content (AvgIpc) is 2.25. The number of ether oxygens (including phenoxy) is 1. The molecule has 92 valence electrons. The minimum atomic E-state index is -0.915. The van der Waals surface area contributed by atoms with Crippen LogP contribution in [0.3, 0.4) is 0 Å². The lowest BCUT2D eigenvalue weighted by atomic mass is 10.1. The fourth-order valence-corrected chi connectivity index (χ4v) is 1.50. The highest BCUT2D eigenvalue weighted by atomic mass is 16.5. The number of anilines is 1. The second-order valence-electron chi connectivity index (χ2n) is 3.74. The molecule has 0 heterocycles. The van der Waals surface area contributed by atoms with Gasteiger partial charge in [0, 0.05) is 5.69 Å². The van der Waals surface area contributed by atoms with Gasteiger partial charge in [-0.25, -0.2) is 4.79 Å². The molecular formula is C12H16N2O3. The minimum absolute atomic E-state index is 0.284. The number of nitrogen functional groups attached to an aromatic ring is 1. The van der Waals surface area contributed by atoms with Gasteiger partial charge in [0.1, 0.15) is 0 Å². The number of primary amides is 1. The molecule has 0 fully saturated rings. The molecule has 1 amide bonds. The van der Waals surface area contributed by atoms with Gasteiger partial charge >= 0.3 is 5.97 Å². The van der Waals surface area contributed by atoms with Gasteiger partial charge in [0.2, 0.25) is 0 Å². The van der Waals surface area contributed by atoms with Gasteiger partial charge in [-0.15, -0.1) is 0 Å². The molecule has 1 aromatic rings. The van der Waals surface area contributed by atoms with Crippen LogP contribution >= 0.6 is 0 Å². The van der Waals surface area contributed by atoms with E-state index in [0.29, 0.717) is 17.7 Å². The van der Waals surface area contributed by atoms with E-state index in [0.717, 1.165) is 0 Å². The number of amides is 1. The monoisotopic (exact) mass is 236 g/mol. The molecule has 0 aliphatic heterocycles. The Morgan fingerprint density at radius 3 is 2.53 bits per heavy atom. The third-order valence-corrected chi connectivity index (χ3v) is 2.45. The molecule has 0 aliphatic carbocycles. The van der Waals surface area contributed by atoms with Crippen LogP contribution < -0.4 is 11.5 Å². The molecule has 0 bridgehead atoms. The summed E-state index contributed by atoms with van der Waals surface area (Å²) in [5.74, 6) is -1.28. The van der Waals surface area contributed by atoms with Crippen molar-refractivity contribution in [3.63, 3.8) is 0 Å². The summed E-state index contributed by atoms with van der Waals surface area (Å²) in [7, 11) is 0. The zero-order chi connectivity index (χ0) is 13.0. The van der Waals surface area contributed by atoms with Crippen LogP contribution in [0.1, 0.15) is 29.3 Å². The Hall–Kier alpha value is -2.04. The number of benzene rings is 1. The molecule has 17 heavy (non-hydrogen) atoms. The highest BCUT2D eigenvalue weighted by Crippen LogP contribution is 2.18. The maximum atomic E-state index is 11.9. The van der Waals surface area contributed by atoms with Crippen LogP contribution in [0.2, 0.25) is 0 Å². The Bertz CT molecular complexity index is 423. The van der Waals surface area contributed by atoms with Gasteiger partial charge < -0.3 is 16.2 Å². The largest absolute Gasteiger partial charge is 0.449 e. The molecule has 1 unspecified atom stereocenters. The van der Waals surface area contributed by atoms with E-state index >= 15 is 0 Å². The molecule has 0 aliphatic rings. The molecule has 5 heteroatoms. The van der Waals surface area contributed by atoms with Crippen LogP contribution in [0.25, 0.3) is 0 Å². The number of esters is 1. The predicted molar refractivity (Wildman–Crippen MR) is 64.3 cm³/mol. The maximum Gasteiger partial charge on any atom is 0.341 e. The Balaban J connectivity index is 2.94. The first-order chi connectivity index (χ1) is 7.97. The molecule has 0 saturated carbocycles. The number of aryl methyl sites for hydroxylation is 1. The van der Waals surface area contributed by atoms with E-state index < -0.39 is 18.0 Å². The molecule has 0 spiro atoms. The molecule has 0 radical (unpaired) electrons. The number of rotatable bonds is 4. The summed E-state index contributed by atoms with van der Waals surface area (Å²) in [4.78, 5) is 22.8. The summed E-state index contributed by atoms with van der Waals surface area (Å²) >= 11 is 0. The van der Waals surface area contributed by atoms with Crippen LogP contribution in [0.15, 0.2) is 18.2 Å². The van der Waals surface area contributed by atoms with Gasteiger partial charge in [-0.3, -0.25) is 4.79 Å². The predicted octanol–water partition coefficient (Wildman–Crippen LogP) is 0.998. The molecule has 5 nitrogen and oxygen atoms in total. The van der Waals surface area contributed by atoms with Gasteiger partial charge in [-0.05, 0) is 25.0 Å². The van der Waals surface area contributed by atoms with Crippen LogP contribution in [-0.4, -0.2) is 18.0 Å². The number of hydrogen-bond acceptors (Lipinski definition) is 4. The third kappa shape index (κ3) is 2.96. The van der Waals surface area contributed by atoms with Crippen LogP contribution in [-0.2, 0) is 9.53 Å². The average molecular weight is 236 g/mol. The normalized spacial score (nSPS) is 11.9. The zero-order valence-electron chi connectivity index (χ0n) is 9.90. The second-order valence-corrected chi connectivity index (χ2v) is 3.74. The van der Waals surface area contributed by atoms with E-state index in [9.17, 15) is 9.59 Å². The summed E-state index contributed by atoms with van der Waals surface area (Å²) in [5, 5.41) is 0. The first-order valence-corrected chi connectivity index (χ1v) is 5.32. The summed E-state index contributed by atoms with van der Waals surface area (Å²) in [6.45, 7) is 3.46. The fourth-order valence-electron chi connectivity index (χ4n) is 1.50. The van der Waals surface area contributed by atoms with Crippen molar-refractivity contribution in [3.8, 4) is 0 Å². The van der Waals surface area contributed by atoms with Crippen LogP contribution in [0, 0.1) is 6.92 Å². The van der Waals surface area contributed by atoms with Crippen molar-refractivity contribution >= 4 is 17.6 Å². The summed E-state index contributed by atoms with van der Waals surface area (Å²) in [6.07, 6.45) is -0.575. The van der Waals surface area contributed by atoms with Crippen molar-refractivity contribution < 1.29 is 14.3 Å². The van der Waals surface area contributed by atoms with Gasteiger partial charge in [0.25, 0.3) is 5.91 Å². The SMILES string of the molecule is CCC(OC(=O)c1c(C)cccc1N)C(N)=O.